The average Bonchev–Trinajstić information content (AvgIpc) is 2.96. The van der Waals surface area contributed by atoms with E-state index < -0.39 is 0 Å². The highest BCUT2D eigenvalue weighted by Crippen LogP contribution is 2.32. The number of carbonyl (C=O) groups is 1. The van der Waals surface area contributed by atoms with Crippen LogP contribution in [0.3, 0.4) is 0 Å². The van der Waals surface area contributed by atoms with Crippen molar-refractivity contribution in [2.45, 2.75) is 57.7 Å². The minimum Gasteiger partial charge on any atom is -0.391 e. The third kappa shape index (κ3) is 3.93. The molecule has 23 heavy (non-hydrogen) atoms. The number of aliphatic hydroxyl groups excluding tert-OH is 1. The van der Waals surface area contributed by atoms with Gasteiger partial charge in [0.05, 0.1) is 12.1 Å². The first-order valence-corrected chi connectivity index (χ1v) is 8.82. The molecule has 1 amide bonds. The van der Waals surface area contributed by atoms with Crippen molar-refractivity contribution in [1.82, 2.24) is 10.2 Å². The highest BCUT2D eigenvalue weighted by molar-refractivity contribution is 5.82. The Labute approximate surface area is 138 Å². The molecule has 4 heteroatoms. The molecule has 1 saturated heterocycles. The summed E-state index contributed by atoms with van der Waals surface area (Å²) in [5.74, 6) is 0.128. The van der Waals surface area contributed by atoms with Crippen molar-refractivity contribution in [3.63, 3.8) is 0 Å². The van der Waals surface area contributed by atoms with Gasteiger partial charge < -0.3 is 10.4 Å². The molecule has 2 atom stereocenters. The van der Waals surface area contributed by atoms with Crippen LogP contribution in [0, 0.1) is 5.41 Å². The summed E-state index contributed by atoms with van der Waals surface area (Å²) >= 11 is 0. The quantitative estimate of drug-likeness (QED) is 0.896. The summed E-state index contributed by atoms with van der Waals surface area (Å²) in [5.41, 5.74) is 1.03. The van der Waals surface area contributed by atoms with E-state index in [1.54, 1.807) is 0 Å². The fourth-order valence-corrected chi connectivity index (χ4v) is 3.72. The van der Waals surface area contributed by atoms with Crippen LogP contribution in [0.2, 0.25) is 0 Å². The number of rotatable bonds is 4. The molecule has 2 fully saturated rings. The number of hydrogen-bond donors (Lipinski definition) is 2. The Kier molecular flexibility index (Phi) is 5.02. The Balaban J connectivity index is 1.51. The minimum absolute atomic E-state index is 0.0401. The molecule has 1 aliphatic carbocycles. The highest BCUT2D eigenvalue weighted by Gasteiger charge is 2.39. The van der Waals surface area contributed by atoms with Gasteiger partial charge in [-0.3, -0.25) is 9.69 Å². The fourth-order valence-electron chi connectivity index (χ4n) is 3.72. The predicted molar refractivity (Wildman–Crippen MR) is 90.8 cm³/mol. The first-order valence-electron chi connectivity index (χ1n) is 8.82. The van der Waals surface area contributed by atoms with E-state index >= 15 is 0 Å². The van der Waals surface area contributed by atoms with Crippen LogP contribution in [0.1, 0.15) is 44.6 Å². The maximum Gasteiger partial charge on any atom is 0.226 e. The summed E-state index contributed by atoms with van der Waals surface area (Å²) in [6, 6.07) is 10.5. The second kappa shape index (κ2) is 7.02. The molecular weight excluding hydrogens is 288 g/mol. The lowest BCUT2D eigenvalue weighted by molar-refractivity contribution is -0.134. The number of piperidine rings is 1. The van der Waals surface area contributed by atoms with Gasteiger partial charge in [-0.05, 0) is 50.8 Å². The van der Waals surface area contributed by atoms with Crippen LogP contribution in [0.15, 0.2) is 30.3 Å². The number of amides is 1. The van der Waals surface area contributed by atoms with Crippen molar-refractivity contribution in [3.05, 3.63) is 35.9 Å². The van der Waals surface area contributed by atoms with Crippen molar-refractivity contribution in [2.24, 2.45) is 5.41 Å². The molecule has 1 heterocycles. The van der Waals surface area contributed by atoms with E-state index in [4.69, 9.17) is 0 Å². The van der Waals surface area contributed by atoms with Gasteiger partial charge in [-0.25, -0.2) is 0 Å². The van der Waals surface area contributed by atoms with Crippen LogP contribution < -0.4 is 5.32 Å². The molecule has 1 aromatic rings. The monoisotopic (exact) mass is 316 g/mol. The number of likely N-dealkylation sites (tertiary alicyclic amines) is 1. The van der Waals surface area contributed by atoms with E-state index in [0.717, 1.165) is 51.7 Å². The van der Waals surface area contributed by atoms with E-state index in [1.165, 1.54) is 5.56 Å². The molecule has 0 spiro atoms. The summed E-state index contributed by atoms with van der Waals surface area (Å²) in [4.78, 5) is 15.1. The second-order valence-corrected chi connectivity index (χ2v) is 7.40. The van der Waals surface area contributed by atoms with Crippen LogP contribution in [-0.4, -0.2) is 41.1 Å². The first kappa shape index (κ1) is 16.5. The average molecular weight is 316 g/mol. The Bertz CT molecular complexity index is 523. The summed E-state index contributed by atoms with van der Waals surface area (Å²) < 4.78 is 0. The molecule has 0 aromatic heterocycles. The van der Waals surface area contributed by atoms with Gasteiger partial charge >= 0.3 is 0 Å². The molecule has 0 radical (unpaired) electrons. The Morgan fingerprint density at radius 2 is 1.96 bits per heavy atom. The molecule has 4 nitrogen and oxygen atoms in total. The van der Waals surface area contributed by atoms with Crippen LogP contribution in [0.4, 0.5) is 0 Å². The van der Waals surface area contributed by atoms with Gasteiger partial charge in [-0.1, -0.05) is 37.3 Å². The van der Waals surface area contributed by atoms with Crippen molar-refractivity contribution >= 4 is 5.91 Å². The van der Waals surface area contributed by atoms with E-state index in [9.17, 15) is 9.90 Å². The predicted octanol–water partition coefficient (Wildman–Crippen LogP) is 2.32. The minimum atomic E-state index is -0.360. The smallest absolute Gasteiger partial charge is 0.226 e. The molecule has 2 unspecified atom stereocenters. The lowest BCUT2D eigenvalue weighted by atomic mass is 9.79. The molecule has 2 aliphatic rings. The summed E-state index contributed by atoms with van der Waals surface area (Å²) in [6.07, 6.45) is 4.13. The normalized spacial score (nSPS) is 27.7. The lowest BCUT2D eigenvalue weighted by Gasteiger charge is -2.39. The number of carbonyl (C=O) groups excluding carboxylic acids is 1. The highest BCUT2D eigenvalue weighted by atomic mass is 16.3. The Hall–Kier alpha value is -1.39. The van der Waals surface area contributed by atoms with Gasteiger partial charge in [0, 0.05) is 12.0 Å². The van der Waals surface area contributed by atoms with Gasteiger partial charge in [0.2, 0.25) is 5.91 Å². The number of nitrogens with zero attached hydrogens (tertiary/aromatic N) is 1. The molecular formula is C19H28N2O2. The number of benzene rings is 1. The lowest BCUT2D eigenvalue weighted by Crippen LogP contribution is -2.51. The maximum atomic E-state index is 12.6. The zero-order valence-electron chi connectivity index (χ0n) is 14.0. The van der Waals surface area contributed by atoms with E-state index in [0.29, 0.717) is 0 Å². The first-order chi connectivity index (χ1) is 11.1. The van der Waals surface area contributed by atoms with Crippen LogP contribution in [0.5, 0.6) is 0 Å². The zero-order chi connectivity index (χ0) is 16.3. The van der Waals surface area contributed by atoms with Crippen LogP contribution >= 0.6 is 0 Å². The standard InChI is InChI=1S/C19H28N2O2/c1-19(18(23)20-16-8-5-9-17(16)22)10-12-21(13-11-19)14-15-6-3-2-4-7-15/h2-4,6-7,16-17,22H,5,8-14H2,1H3,(H,20,23). The van der Waals surface area contributed by atoms with Gasteiger partial charge in [0.1, 0.15) is 0 Å². The maximum absolute atomic E-state index is 12.6. The second-order valence-electron chi connectivity index (χ2n) is 7.40. The Morgan fingerprint density at radius 3 is 2.57 bits per heavy atom. The van der Waals surface area contributed by atoms with Gasteiger partial charge in [-0.2, -0.15) is 0 Å². The molecule has 1 aromatic carbocycles. The molecule has 3 rings (SSSR count). The summed E-state index contributed by atoms with van der Waals surface area (Å²) in [5, 5.41) is 13.0. The van der Waals surface area contributed by atoms with Crippen LogP contribution in [-0.2, 0) is 11.3 Å². The topological polar surface area (TPSA) is 52.6 Å². The van der Waals surface area contributed by atoms with Crippen molar-refractivity contribution in [2.75, 3.05) is 13.1 Å². The Morgan fingerprint density at radius 1 is 1.26 bits per heavy atom. The van der Waals surface area contributed by atoms with Gasteiger partial charge in [-0.15, -0.1) is 0 Å². The number of hydrogen-bond acceptors (Lipinski definition) is 3. The van der Waals surface area contributed by atoms with Gasteiger partial charge in [0.25, 0.3) is 0 Å². The van der Waals surface area contributed by atoms with Crippen LogP contribution in [0.25, 0.3) is 0 Å². The van der Waals surface area contributed by atoms with Crippen molar-refractivity contribution < 1.29 is 9.90 Å². The molecule has 0 bridgehead atoms. The fraction of sp³-hybridized carbons (Fsp3) is 0.632. The van der Waals surface area contributed by atoms with E-state index in [-0.39, 0.29) is 23.5 Å². The SMILES string of the molecule is CC1(C(=O)NC2CCCC2O)CCN(Cc2ccccc2)CC1. The third-order valence-electron chi connectivity index (χ3n) is 5.55. The molecule has 126 valence electrons. The number of aliphatic hydroxyl groups is 1. The van der Waals surface area contributed by atoms with Crippen molar-refractivity contribution in [3.8, 4) is 0 Å². The summed E-state index contributed by atoms with van der Waals surface area (Å²) in [7, 11) is 0. The molecule has 1 saturated carbocycles. The number of nitrogens with one attached hydrogen (secondary N) is 1. The van der Waals surface area contributed by atoms with Crippen molar-refractivity contribution in [1.29, 1.82) is 0 Å². The summed E-state index contributed by atoms with van der Waals surface area (Å²) in [6.45, 7) is 4.93. The largest absolute Gasteiger partial charge is 0.391 e. The molecule has 1 aliphatic heterocycles. The van der Waals surface area contributed by atoms with E-state index in [2.05, 4.69) is 41.4 Å². The zero-order valence-corrected chi connectivity index (χ0v) is 14.0. The van der Waals surface area contributed by atoms with E-state index in [1.807, 2.05) is 6.07 Å². The molecule has 2 N–H and O–H groups in total. The third-order valence-corrected chi connectivity index (χ3v) is 5.55. The van der Waals surface area contributed by atoms with Gasteiger partial charge in [0.15, 0.2) is 0 Å².